The maximum Gasteiger partial charge on any atom is 0.377 e. The Balaban J connectivity index is 2.92. The van der Waals surface area contributed by atoms with Crippen LogP contribution in [0, 0.1) is 0 Å². The zero-order valence-electron chi connectivity index (χ0n) is 4.94. The fourth-order valence-electron chi connectivity index (χ4n) is 0.564. The van der Waals surface area contributed by atoms with Gasteiger partial charge in [0.25, 0.3) is 0 Å². The lowest BCUT2D eigenvalue weighted by Gasteiger charge is -2.16. The summed E-state index contributed by atoms with van der Waals surface area (Å²) in [5, 5.41) is 26.0. The van der Waals surface area contributed by atoms with Gasteiger partial charge < -0.3 is 20.1 Å². The molecule has 1 heterocycles. The van der Waals surface area contributed by atoms with Gasteiger partial charge in [-0.05, 0) is 0 Å². The molecular weight excluding hydrogens is 140 g/mol. The van der Waals surface area contributed by atoms with Crippen LogP contribution in [0.2, 0.25) is 0 Å². The van der Waals surface area contributed by atoms with Gasteiger partial charge in [0, 0.05) is 0 Å². The number of carbonyl (C=O) groups is 1. The van der Waals surface area contributed by atoms with Gasteiger partial charge in [0.1, 0.15) is 12.7 Å². The van der Waals surface area contributed by atoms with E-state index in [1.807, 2.05) is 0 Å². The first-order valence-electron chi connectivity index (χ1n) is 2.60. The molecule has 0 bridgehead atoms. The molecule has 5 heteroatoms. The van der Waals surface area contributed by atoms with Crippen LogP contribution in [-0.4, -0.2) is 34.0 Å². The Kier molecular flexibility index (Phi) is 1.50. The summed E-state index contributed by atoms with van der Waals surface area (Å²) in [7, 11) is 0. The van der Waals surface area contributed by atoms with Crippen LogP contribution in [0.3, 0.4) is 0 Å². The fraction of sp³-hybridized carbons (Fsp3) is 0.400. The quantitative estimate of drug-likeness (QED) is 0.391. The Morgan fingerprint density at radius 1 is 1.50 bits per heavy atom. The van der Waals surface area contributed by atoms with E-state index in [2.05, 4.69) is 4.74 Å². The van der Waals surface area contributed by atoms with Crippen LogP contribution in [-0.2, 0) is 9.53 Å². The van der Waals surface area contributed by atoms with E-state index in [1.165, 1.54) is 0 Å². The predicted octanol–water partition coefficient (Wildman–Crippen LogP) is -0.768. The van der Waals surface area contributed by atoms with E-state index in [-0.39, 0.29) is 6.61 Å². The first kappa shape index (κ1) is 6.88. The lowest BCUT2D eigenvalue weighted by molar-refractivity contribution is -0.148. The monoisotopic (exact) mass is 146 g/mol. The minimum atomic E-state index is -1.29. The molecule has 1 aliphatic rings. The van der Waals surface area contributed by atoms with Crippen molar-refractivity contribution in [3.63, 3.8) is 0 Å². The molecule has 10 heavy (non-hydrogen) atoms. The predicted molar refractivity (Wildman–Crippen MR) is 29.2 cm³/mol. The number of rotatable bonds is 0. The second kappa shape index (κ2) is 2.18. The second-order valence-electron chi connectivity index (χ2n) is 1.85. The van der Waals surface area contributed by atoms with E-state index in [0.717, 1.165) is 0 Å². The van der Waals surface area contributed by atoms with Gasteiger partial charge >= 0.3 is 5.97 Å². The highest BCUT2D eigenvalue weighted by Crippen LogP contribution is 2.11. The molecule has 0 aromatic rings. The highest BCUT2D eigenvalue weighted by Gasteiger charge is 2.27. The molecular formula is C5H6O5. The van der Waals surface area contributed by atoms with Crippen LogP contribution in [0.25, 0.3) is 0 Å². The zero-order chi connectivity index (χ0) is 7.72. The van der Waals surface area contributed by atoms with Crippen molar-refractivity contribution in [1.82, 2.24) is 0 Å². The highest BCUT2D eigenvalue weighted by molar-refractivity contribution is 5.87. The summed E-state index contributed by atoms with van der Waals surface area (Å²) in [6.07, 6.45) is -1.29. The first-order valence-corrected chi connectivity index (χ1v) is 2.60. The molecule has 0 fully saturated rings. The Morgan fingerprint density at radius 3 is 2.60 bits per heavy atom. The summed E-state index contributed by atoms with van der Waals surface area (Å²) < 4.78 is 4.22. The molecule has 0 aromatic heterocycles. The van der Waals surface area contributed by atoms with Crippen molar-refractivity contribution < 1.29 is 24.9 Å². The van der Waals surface area contributed by atoms with E-state index < -0.39 is 23.6 Å². The van der Waals surface area contributed by atoms with E-state index in [9.17, 15) is 4.79 Å². The maximum atomic E-state index is 10.3. The minimum Gasteiger partial charge on any atom is -0.506 e. The molecule has 0 aliphatic carbocycles. The van der Waals surface area contributed by atoms with Crippen LogP contribution < -0.4 is 0 Å². The van der Waals surface area contributed by atoms with Gasteiger partial charge in [0.15, 0.2) is 5.76 Å². The zero-order valence-corrected chi connectivity index (χ0v) is 4.94. The number of esters is 1. The molecule has 1 rings (SSSR count). The van der Waals surface area contributed by atoms with Crippen molar-refractivity contribution in [2.75, 3.05) is 6.61 Å². The van der Waals surface area contributed by atoms with Crippen molar-refractivity contribution in [3.8, 4) is 0 Å². The summed E-state index contributed by atoms with van der Waals surface area (Å²) >= 11 is 0. The average molecular weight is 146 g/mol. The van der Waals surface area contributed by atoms with Gasteiger partial charge in [-0.15, -0.1) is 0 Å². The van der Waals surface area contributed by atoms with Crippen LogP contribution in [0.5, 0.6) is 0 Å². The van der Waals surface area contributed by atoms with Gasteiger partial charge in [-0.25, -0.2) is 4.79 Å². The Bertz CT molecular complexity index is 194. The van der Waals surface area contributed by atoms with Gasteiger partial charge in [-0.2, -0.15) is 0 Å². The molecule has 1 atom stereocenters. The number of aliphatic hydroxyl groups excluding tert-OH is 3. The van der Waals surface area contributed by atoms with Gasteiger partial charge in [-0.3, -0.25) is 0 Å². The highest BCUT2D eigenvalue weighted by atomic mass is 16.6. The van der Waals surface area contributed by atoms with Gasteiger partial charge in [0.2, 0.25) is 5.76 Å². The lowest BCUT2D eigenvalue weighted by Crippen LogP contribution is -2.29. The second-order valence-corrected chi connectivity index (χ2v) is 1.85. The average Bonchev–Trinajstić information content (AvgIpc) is 1.93. The Hall–Kier alpha value is -1.23. The first-order chi connectivity index (χ1) is 4.63. The normalized spacial score (nSPS) is 26.5. The van der Waals surface area contributed by atoms with Crippen molar-refractivity contribution in [3.05, 3.63) is 11.5 Å². The molecule has 0 amide bonds. The van der Waals surface area contributed by atoms with Crippen LogP contribution in [0.1, 0.15) is 0 Å². The number of ether oxygens (including phenoxy) is 1. The Morgan fingerprint density at radius 2 is 2.10 bits per heavy atom. The molecule has 0 aromatic carbocycles. The largest absolute Gasteiger partial charge is 0.506 e. The fourth-order valence-corrected chi connectivity index (χ4v) is 0.564. The summed E-state index contributed by atoms with van der Waals surface area (Å²) in [4.78, 5) is 10.3. The van der Waals surface area contributed by atoms with Crippen LogP contribution in [0.15, 0.2) is 11.5 Å². The standard InChI is InChI=1S/C5H6O5/c6-2-1-10-5(9)4(8)3(2)7/h2,6-8H,1H2. The van der Waals surface area contributed by atoms with E-state index in [4.69, 9.17) is 15.3 Å². The smallest absolute Gasteiger partial charge is 0.377 e. The summed E-state index contributed by atoms with van der Waals surface area (Å²) in [5.74, 6) is -2.65. The van der Waals surface area contributed by atoms with Crippen molar-refractivity contribution in [1.29, 1.82) is 0 Å². The maximum absolute atomic E-state index is 10.3. The minimum absolute atomic E-state index is 0.311. The van der Waals surface area contributed by atoms with Crippen molar-refractivity contribution in [2.45, 2.75) is 6.10 Å². The lowest BCUT2D eigenvalue weighted by atomic mass is 10.2. The number of aliphatic hydroxyl groups is 3. The SMILES string of the molecule is O=C1OCC(O)C(O)=C1O. The third kappa shape index (κ3) is 0.906. The van der Waals surface area contributed by atoms with Gasteiger partial charge in [0.05, 0.1) is 0 Å². The number of cyclic esters (lactones) is 1. The number of hydrogen-bond donors (Lipinski definition) is 3. The topological polar surface area (TPSA) is 87.0 Å². The number of carbonyl (C=O) groups excluding carboxylic acids is 1. The summed E-state index contributed by atoms with van der Waals surface area (Å²) in [6, 6.07) is 0. The van der Waals surface area contributed by atoms with Crippen LogP contribution in [0.4, 0.5) is 0 Å². The molecule has 56 valence electrons. The third-order valence-corrected chi connectivity index (χ3v) is 1.12. The molecule has 1 unspecified atom stereocenters. The van der Waals surface area contributed by atoms with E-state index >= 15 is 0 Å². The third-order valence-electron chi connectivity index (χ3n) is 1.12. The van der Waals surface area contributed by atoms with Crippen molar-refractivity contribution >= 4 is 5.97 Å². The summed E-state index contributed by atoms with van der Waals surface area (Å²) in [6.45, 7) is -0.311. The Labute approximate surface area is 56.2 Å². The molecule has 0 saturated heterocycles. The van der Waals surface area contributed by atoms with Crippen molar-refractivity contribution in [2.24, 2.45) is 0 Å². The number of hydrogen-bond acceptors (Lipinski definition) is 5. The molecule has 1 aliphatic heterocycles. The summed E-state index contributed by atoms with van der Waals surface area (Å²) in [5.41, 5.74) is 0. The van der Waals surface area contributed by atoms with E-state index in [1.54, 1.807) is 0 Å². The molecule has 3 N–H and O–H groups in total. The van der Waals surface area contributed by atoms with Gasteiger partial charge in [-0.1, -0.05) is 0 Å². The van der Waals surface area contributed by atoms with E-state index in [0.29, 0.717) is 0 Å². The molecule has 0 spiro atoms. The van der Waals surface area contributed by atoms with Crippen LogP contribution >= 0.6 is 0 Å². The molecule has 5 nitrogen and oxygen atoms in total. The molecule has 0 radical (unpaired) electrons. The molecule has 0 saturated carbocycles.